The predicted octanol–water partition coefficient (Wildman–Crippen LogP) is 3.27. The lowest BCUT2D eigenvalue weighted by atomic mass is 9.98. The number of carboxylic acids is 1. The van der Waals surface area contributed by atoms with Gasteiger partial charge in [0.05, 0.1) is 6.33 Å². The third kappa shape index (κ3) is 5.73. The van der Waals surface area contributed by atoms with Crippen LogP contribution < -0.4 is 10.6 Å². The lowest BCUT2D eigenvalue weighted by molar-refractivity contribution is -0.139. The zero-order chi connectivity index (χ0) is 22.2. The van der Waals surface area contributed by atoms with Gasteiger partial charge in [-0.1, -0.05) is 30.3 Å². The Morgan fingerprint density at radius 2 is 1.90 bits per heavy atom. The number of carboxylic acid groups (broad SMARTS) is 1. The van der Waals surface area contributed by atoms with Crippen molar-refractivity contribution < 1.29 is 19.5 Å². The second-order valence-electron chi connectivity index (χ2n) is 6.68. The number of aliphatic carboxylic acids is 1. The van der Waals surface area contributed by atoms with Crippen molar-refractivity contribution in [1.29, 1.82) is 0 Å². The van der Waals surface area contributed by atoms with Crippen molar-refractivity contribution in [2.45, 2.75) is 12.5 Å². The molecule has 8 nitrogen and oxygen atoms in total. The number of nitrogens with one attached hydrogen (secondary N) is 3. The number of anilines is 1. The van der Waals surface area contributed by atoms with Gasteiger partial charge in [-0.15, -0.1) is 0 Å². The number of amides is 2. The van der Waals surface area contributed by atoms with E-state index in [0.717, 1.165) is 5.56 Å². The van der Waals surface area contributed by atoms with E-state index in [2.05, 4.69) is 20.6 Å². The number of hydrogen-bond acceptors (Lipinski definition) is 5. The van der Waals surface area contributed by atoms with Gasteiger partial charge in [-0.2, -0.15) is 11.8 Å². The molecule has 9 heteroatoms. The quantitative estimate of drug-likeness (QED) is 0.406. The van der Waals surface area contributed by atoms with Gasteiger partial charge in [0.2, 0.25) is 0 Å². The number of carbonyl (C=O) groups excluding carboxylic acids is 2. The summed E-state index contributed by atoms with van der Waals surface area (Å²) in [5.41, 5.74) is 2.38. The topological polar surface area (TPSA) is 124 Å². The molecule has 1 atom stereocenters. The van der Waals surface area contributed by atoms with E-state index in [-0.39, 0.29) is 11.6 Å². The maximum atomic E-state index is 13.0. The van der Waals surface area contributed by atoms with Gasteiger partial charge < -0.3 is 20.7 Å². The second-order valence-corrected chi connectivity index (χ2v) is 7.67. The van der Waals surface area contributed by atoms with Crippen molar-refractivity contribution in [3.05, 3.63) is 72.3 Å². The highest BCUT2D eigenvalue weighted by atomic mass is 32.2. The first-order valence-electron chi connectivity index (χ1n) is 9.52. The van der Waals surface area contributed by atoms with Crippen molar-refractivity contribution in [3.63, 3.8) is 0 Å². The lowest BCUT2D eigenvalue weighted by Gasteiger charge is -2.17. The zero-order valence-electron chi connectivity index (χ0n) is 16.8. The summed E-state index contributed by atoms with van der Waals surface area (Å²) in [6.07, 6.45) is 5.09. The molecule has 0 saturated heterocycles. The van der Waals surface area contributed by atoms with Crippen LogP contribution in [0.1, 0.15) is 27.3 Å². The fourth-order valence-electron chi connectivity index (χ4n) is 2.99. The van der Waals surface area contributed by atoms with E-state index in [1.54, 1.807) is 18.2 Å². The van der Waals surface area contributed by atoms with Crippen LogP contribution in [0.4, 0.5) is 5.69 Å². The van der Waals surface area contributed by atoms with Crippen LogP contribution in [0.3, 0.4) is 0 Å². The molecule has 0 unspecified atom stereocenters. The molecule has 1 heterocycles. The summed E-state index contributed by atoms with van der Waals surface area (Å²) in [5.74, 6) is -1.34. The SMILES string of the molecule is CSCC[C@H](NC(=O)c1ccc(NC(=O)c2c[nH]cn2)cc1-c1ccccc1)C(=O)O. The molecular weight excluding hydrogens is 416 g/mol. The van der Waals surface area contributed by atoms with Gasteiger partial charge in [0.25, 0.3) is 11.8 Å². The molecule has 2 aromatic carbocycles. The number of thioether (sulfide) groups is 1. The molecule has 0 saturated carbocycles. The van der Waals surface area contributed by atoms with E-state index in [0.29, 0.717) is 29.0 Å². The minimum Gasteiger partial charge on any atom is -0.480 e. The number of imidazole rings is 1. The fraction of sp³-hybridized carbons (Fsp3) is 0.182. The van der Waals surface area contributed by atoms with Gasteiger partial charge in [0.15, 0.2) is 0 Å². The van der Waals surface area contributed by atoms with Crippen LogP contribution in [-0.4, -0.2) is 50.9 Å². The Morgan fingerprint density at radius 3 is 2.55 bits per heavy atom. The molecule has 0 spiro atoms. The fourth-order valence-corrected chi connectivity index (χ4v) is 3.46. The average Bonchev–Trinajstić information content (AvgIpc) is 3.32. The Kier molecular flexibility index (Phi) is 7.45. The van der Waals surface area contributed by atoms with Gasteiger partial charge in [-0.3, -0.25) is 9.59 Å². The Hall–Kier alpha value is -3.59. The normalized spacial score (nSPS) is 11.5. The van der Waals surface area contributed by atoms with Crippen molar-refractivity contribution in [2.24, 2.45) is 0 Å². The summed E-state index contributed by atoms with van der Waals surface area (Å²) >= 11 is 1.51. The predicted molar refractivity (Wildman–Crippen MR) is 120 cm³/mol. The molecule has 1 aromatic heterocycles. The third-order valence-electron chi connectivity index (χ3n) is 4.55. The maximum absolute atomic E-state index is 13.0. The Morgan fingerprint density at radius 1 is 1.13 bits per heavy atom. The molecule has 160 valence electrons. The van der Waals surface area contributed by atoms with Crippen LogP contribution in [0.15, 0.2) is 61.1 Å². The second kappa shape index (κ2) is 10.4. The van der Waals surface area contributed by atoms with Gasteiger partial charge in [-0.05, 0) is 47.8 Å². The maximum Gasteiger partial charge on any atom is 0.326 e. The minimum absolute atomic E-state index is 0.237. The van der Waals surface area contributed by atoms with Gasteiger partial charge in [0.1, 0.15) is 11.7 Å². The number of nitrogens with zero attached hydrogens (tertiary/aromatic N) is 1. The number of H-pyrrole nitrogens is 1. The van der Waals surface area contributed by atoms with Crippen LogP contribution in [0.25, 0.3) is 11.1 Å². The van der Waals surface area contributed by atoms with E-state index >= 15 is 0 Å². The van der Waals surface area contributed by atoms with Crippen LogP contribution in [0, 0.1) is 0 Å². The van der Waals surface area contributed by atoms with E-state index < -0.39 is 17.9 Å². The number of carbonyl (C=O) groups is 3. The van der Waals surface area contributed by atoms with Crippen LogP contribution >= 0.6 is 11.8 Å². The number of rotatable bonds is 9. The molecule has 0 aliphatic rings. The summed E-state index contributed by atoms with van der Waals surface area (Å²) in [6, 6.07) is 13.1. The highest BCUT2D eigenvalue weighted by Crippen LogP contribution is 2.27. The monoisotopic (exact) mass is 438 g/mol. The van der Waals surface area contributed by atoms with Gasteiger partial charge in [0, 0.05) is 17.4 Å². The lowest BCUT2D eigenvalue weighted by Crippen LogP contribution is -2.41. The first-order chi connectivity index (χ1) is 15.0. The van der Waals surface area contributed by atoms with E-state index in [9.17, 15) is 19.5 Å². The number of hydrogen-bond donors (Lipinski definition) is 4. The molecule has 0 bridgehead atoms. The molecule has 4 N–H and O–H groups in total. The molecule has 0 fully saturated rings. The highest BCUT2D eigenvalue weighted by molar-refractivity contribution is 7.98. The standard InChI is InChI=1S/C22H22N4O4S/c1-31-10-9-18(22(29)30)26-20(27)16-8-7-15(25-21(28)19-12-23-13-24-19)11-17(16)14-5-3-2-4-6-14/h2-8,11-13,18H,9-10H2,1H3,(H,23,24)(H,25,28)(H,26,27)(H,29,30)/t18-/m0/s1. The summed E-state index contributed by atoms with van der Waals surface area (Å²) < 4.78 is 0. The van der Waals surface area contributed by atoms with Crippen molar-refractivity contribution in [3.8, 4) is 11.1 Å². The van der Waals surface area contributed by atoms with Crippen LogP contribution in [0.5, 0.6) is 0 Å². The summed E-state index contributed by atoms with van der Waals surface area (Å²) in [5, 5.41) is 14.8. The molecule has 0 aliphatic heterocycles. The molecule has 31 heavy (non-hydrogen) atoms. The first kappa shape index (κ1) is 22.1. The van der Waals surface area contributed by atoms with Crippen molar-refractivity contribution in [1.82, 2.24) is 15.3 Å². The Labute approximate surface area is 183 Å². The summed E-state index contributed by atoms with van der Waals surface area (Å²) in [4.78, 5) is 43.5. The van der Waals surface area contributed by atoms with Crippen LogP contribution in [0.2, 0.25) is 0 Å². The average molecular weight is 439 g/mol. The molecule has 0 radical (unpaired) electrons. The smallest absolute Gasteiger partial charge is 0.326 e. The first-order valence-corrected chi connectivity index (χ1v) is 10.9. The molecule has 0 aliphatic carbocycles. The van der Waals surface area contributed by atoms with Crippen molar-refractivity contribution >= 4 is 35.2 Å². The van der Waals surface area contributed by atoms with Crippen molar-refractivity contribution in [2.75, 3.05) is 17.3 Å². The van der Waals surface area contributed by atoms with Crippen LogP contribution in [-0.2, 0) is 4.79 Å². The summed E-state index contributed by atoms with van der Waals surface area (Å²) in [6.45, 7) is 0. The Bertz CT molecular complexity index is 1050. The van der Waals surface area contributed by atoms with E-state index in [4.69, 9.17) is 0 Å². The molecule has 3 rings (SSSR count). The van der Waals surface area contributed by atoms with Gasteiger partial charge in [-0.25, -0.2) is 9.78 Å². The largest absolute Gasteiger partial charge is 0.480 e. The van der Waals surface area contributed by atoms with E-state index in [1.807, 2.05) is 36.6 Å². The van der Waals surface area contributed by atoms with Gasteiger partial charge >= 0.3 is 5.97 Å². The minimum atomic E-state index is -1.08. The number of aromatic nitrogens is 2. The summed E-state index contributed by atoms with van der Waals surface area (Å²) in [7, 11) is 0. The Balaban J connectivity index is 1.91. The highest BCUT2D eigenvalue weighted by Gasteiger charge is 2.22. The number of aromatic amines is 1. The zero-order valence-corrected chi connectivity index (χ0v) is 17.6. The molecule has 2 amide bonds. The molecular formula is C22H22N4O4S. The van der Waals surface area contributed by atoms with E-state index in [1.165, 1.54) is 24.3 Å². The third-order valence-corrected chi connectivity index (χ3v) is 5.20. The number of benzene rings is 2. The molecule has 3 aromatic rings.